The highest BCUT2D eigenvalue weighted by molar-refractivity contribution is 5.26. The second-order valence-corrected chi connectivity index (χ2v) is 4.02. The largest absolute Gasteiger partial charge is 0.508 e. The van der Waals surface area contributed by atoms with Gasteiger partial charge in [-0.15, -0.1) is 0 Å². The summed E-state index contributed by atoms with van der Waals surface area (Å²) in [5.41, 5.74) is 1.18. The van der Waals surface area contributed by atoms with Crippen molar-refractivity contribution < 1.29 is 10.2 Å². The molecule has 0 saturated heterocycles. The van der Waals surface area contributed by atoms with Crippen LogP contribution in [-0.4, -0.2) is 28.9 Å². The minimum Gasteiger partial charge on any atom is -0.508 e. The molecule has 84 valence electrons. The van der Waals surface area contributed by atoms with Crippen molar-refractivity contribution in [1.29, 1.82) is 0 Å². The van der Waals surface area contributed by atoms with Crippen LogP contribution in [0.25, 0.3) is 0 Å². The smallest absolute Gasteiger partial charge is 0.115 e. The Morgan fingerprint density at radius 2 is 1.73 bits per heavy atom. The number of phenolic OH excluding ortho intramolecular Hbond substituents is 1. The Balaban J connectivity index is 2.44. The van der Waals surface area contributed by atoms with Gasteiger partial charge < -0.3 is 15.5 Å². The first kappa shape index (κ1) is 12.0. The van der Waals surface area contributed by atoms with Gasteiger partial charge in [0.05, 0.1) is 6.61 Å². The lowest BCUT2D eigenvalue weighted by atomic mass is 10.1. The first-order valence-electron chi connectivity index (χ1n) is 5.26. The molecule has 2 atom stereocenters. The van der Waals surface area contributed by atoms with E-state index in [4.69, 9.17) is 10.2 Å². The van der Waals surface area contributed by atoms with Gasteiger partial charge in [0.25, 0.3) is 0 Å². The zero-order chi connectivity index (χ0) is 11.3. The Bertz CT molecular complexity index is 284. The van der Waals surface area contributed by atoms with E-state index in [1.165, 1.54) is 5.56 Å². The second kappa shape index (κ2) is 5.73. The van der Waals surface area contributed by atoms with E-state index in [1.54, 1.807) is 12.1 Å². The first-order chi connectivity index (χ1) is 7.11. The molecule has 3 N–H and O–H groups in total. The Kier molecular flexibility index (Phi) is 4.59. The van der Waals surface area contributed by atoms with Crippen LogP contribution in [0.1, 0.15) is 19.4 Å². The summed E-state index contributed by atoms with van der Waals surface area (Å²) < 4.78 is 0. The van der Waals surface area contributed by atoms with Crippen LogP contribution in [0.3, 0.4) is 0 Å². The number of nitrogens with one attached hydrogen (secondary N) is 1. The third-order valence-electron chi connectivity index (χ3n) is 2.32. The van der Waals surface area contributed by atoms with E-state index < -0.39 is 0 Å². The molecule has 1 rings (SSSR count). The van der Waals surface area contributed by atoms with Crippen molar-refractivity contribution in [2.24, 2.45) is 0 Å². The molecule has 0 aliphatic rings. The van der Waals surface area contributed by atoms with Crippen molar-refractivity contribution in [1.82, 2.24) is 5.32 Å². The molecule has 1 aromatic rings. The number of aromatic hydroxyl groups is 1. The van der Waals surface area contributed by atoms with Crippen molar-refractivity contribution in [3.8, 4) is 5.75 Å². The summed E-state index contributed by atoms with van der Waals surface area (Å²) in [5.74, 6) is 0.295. The van der Waals surface area contributed by atoms with Gasteiger partial charge >= 0.3 is 0 Å². The number of aliphatic hydroxyl groups is 1. The molecule has 0 radical (unpaired) electrons. The predicted molar refractivity (Wildman–Crippen MR) is 61.0 cm³/mol. The van der Waals surface area contributed by atoms with Gasteiger partial charge in [-0.25, -0.2) is 0 Å². The summed E-state index contributed by atoms with van der Waals surface area (Å²) in [6.45, 7) is 4.19. The maximum atomic E-state index is 9.13. The van der Waals surface area contributed by atoms with Gasteiger partial charge in [-0.2, -0.15) is 0 Å². The third kappa shape index (κ3) is 4.32. The Labute approximate surface area is 90.8 Å². The standard InChI is InChI=1S/C12H19NO2/c1-9(13-10(2)8-14)7-11-3-5-12(15)6-4-11/h3-6,9-10,13-15H,7-8H2,1-2H3/t9?,10-/m1/s1. The molecule has 0 saturated carbocycles. The Morgan fingerprint density at radius 1 is 1.13 bits per heavy atom. The quantitative estimate of drug-likeness (QED) is 0.685. The number of phenols is 1. The lowest BCUT2D eigenvalue weighted by Gasteiger charge is -2.18. The number of benzene rings is 1. The molecule has 0 aromatic heterocycles. The summed E-state index contributed by atoms with van der Waals surface area (Å²) in [5, 5.41) is 21.3. The van der Waals surface area contributed by atoms with Crippen molar-refractivity contribution in [2.45, 2.75) is 32.4 Å². The van der Waals surface area contributed by atoms with Crippen molar-refractivity contribution in [3.05, 3.63) is 29.8 Å². The van der Waals surface area contributed by atoms with Crippen LogP contribution < -0.4 is 5.32 Å². The van der Waals surface area contributed by atoms with Crippen LogP contribution in [0.4, 0.5) is 0 Å². The molecule has 15 heavy (non-hydrogen) atoms. The maximum absolute atomic E-state index is 9.13. The zero-order valence-corrected chi connectivity index (χ0v) is 9.27. The molecule has 1 aromatic carbocycles. The van der Waals surface area contributed by atoms with Gasteiger partial charge in [0.2, 0.25) is 0 Å². The summed E-state index contributed by atoms with van der Waals surface area (Å²) in [6, 6.07) is 7.65. The molecule has 0 fully saturated rings. The summed E-state index contributed by atoms with van der Waals surface area (Å²) >= 11 is 0. The van der Waals surface area contributed by atoms with E-state index in [1.807, 2.05) is 19.1 Å². The minimum atomic E-state index is 0.122. The van der Waals surface area contributed by atoms with Gasteiger partial charge in [0, 0.05) is 12.1 Å². The van der Waals surface area contributed by atoms with Crippen molar-refractivity contribution >= 4 is 0 Å². The Morgan fingerprint density at radius 3 is 2.27 bits per heavy atom. The molecule has 0 amide bonds. The average Bonchev–Trinajstić information content (AvgIpc) is 2.21. The lowest BCUT2D eigenvalue weighted by molar-refractivity contribution is 0.242. The lowest BCUT2D eigenvalue weighted by Crippen LogP contribution is -2.37. The van der Waals surface area contributed by atoms with E-state index in [0.29, 0.717) is 11.8 Å². The number of aliphatic hydroxyl groups excluding tert-OH is 1. The highest BCUT2D eigenvalue weighted by Crippen LogP contribution is 2.11. The first-order valence-corrected chi connectivity index (χ1v) is 5.26. The molecule has 0 spiro atoms. The molecular formula is C12H19NO2. The van der Waals surface area contributed by atoms with E-state index in [-0.39, 0.29) is 12.6 Å². The van der Waals surface area contributed by atoms with Crippen LogP contribution in [-0.2, 0) is 6.42 Å². The Hall–Kier alpha value is -1.06. The number of rotatable bonds is 5. The van der Waals surface area contributed by atoms with E-state index >= 15 is 0 Å². The van der Waals surface area contributed by atoms with Crippen LogP contribution >= 0.6 is 0 Å². The SMILES string of the molecule is CC(Cc1ccc(O)cc1)N[C@H](C)CO. The molecule has 3 heteroatoms. The van der Waals surface area contributed by atoms with E-state index in [9.17, 15) is 0 Å². The maximum Gasteiger partial charge on any atom is 0.115 e. The molecule has 0 bridgehead atoms. The van der Waals surface area contributed by atoms with Crippen LogP contribution in [0.15, 0.2) is 24.3 Å². The van der Waals surface area contributed by atoms with Crippen LogP contribution in [0, 0.1) is 0 Å². The van der Waals surface area contributed by atoms with Crippen molar-refractivity contribution in [2.75, 3.05) is 6.61 Å². The fourth-order valence-electron chi connectivity index (χ4n) is 1.58. The number of hydrogen-bond donors (Lipinski definition) is 3. The third-order valence-corrected chi connectivity index (χ3v) is 2.32. The highest BCUT2D eigenvalue weighted by atomic mass is 16.3. The number of hydrogen-bond acceptors (Lipinski definition) is 3. The zero-order valence-electron chi connectivity index (χ0n) is 9.27. The fraction of sp³-hybridized carbons (Fsp3) is 0.500. The van der Waals surface area contributed by atoms with Crippen molar-refractivity contribution in [3.63, 3.8) is 0 Å². The van der Waals surface area contributed by atoms with E-state index in [0.717, 1.165) is 6.42 Å². The molecule has 3 nitrogen and oxygen atoms in total. The molecule has 1 unspecified atom stereocenters. The van der Waals surface area contributed by atoms with Crippen LogP contribution in [0.5, 0.6) is 5.75 Å². The summed E-state index contributed by atoms with van der Waals surface area (Å²) in [4.78, 5) is 0. The highest BCUT2D eigenvalue weighted by Gasteiger charge is 2.06. The van der Waals surface area contributed by atoms with Crippen LogP contribution in [0.2, 0.25) is 0 Å². The monoisotopic (exact) mass is 209 g/mol. The average molecular weight is 209 g/mol. The normalized spacial score (nSPS) is 14.9. The fourth-order valence-corrected chi connectivity index (χ4v) is 1.58. The van der Waals surface area contributed by atoms with Gasteiger partial charge in [0.15, 0.2) is 0 Å². The second-order valence-electron chi connectivity index (χ2n) is 4.02. The summed E-state index contributed by atoms with van der Waals surface area (Å²) in [6.07, 6.45) is 0.893. The van der Waals surface area contributed by atoms with Gasteiger partial charge in [-0.3, -0.25) is 0 Å². The molecular weight excluding hydrogens is 190 g/mol. The predicted octanol–water partition coefficient (Wildman–Crippen LogP) is 1.29. The topological polar surface area (TPSA) is 52.5 Å². The van der Waals surface area contributed by atoms with Gasteiger partial charge in [-0.1, -0.05) is 12.1 Å². The summed E-state index contributed by atoms with van der Waals surface area (Å²) in [7, 11) is 0. The molecule has 0 aliphatic carbocycles. The van der Waals surface area contributed by atoms with Gasteiger partial charge in [0.1, 0.15) is 5.75 Å². The molecule has 0 aliphatic heterocycles. The van der Waals surface area contributed by atoms with E-state index in [2.05, 4.69) is 12.2 Å². The van der Waals surface area contributed by atoms with Gasteiger partial charge in [-0.05, 0) is 38.0 Å². The molecule has 0 heterocycles. The minimum absolute atomic E-state index is 0.122.